The maximum absolute atomic E-state index is 11.7. The normalized spacial score (nSPS) is 17.5. The van der Waals surface area contributed by atoms with Crippen molar-refractivity contribution < 1.29 is 9.90 Å². The second-order valence-corrected chi connectivity index (χ2v) is 12.2. The first-order valence-corrected chi connectivity index (χ1v) is 11.3. The predicted molar refractivity (Wildman–Crippen MR) is 93.9 cm³/mol. The number of nitrogens with zero attached hydrogens (tertiary/aromatic N) is 3. The Hall–Kier alpha value is -1.37. The summed E-state index contributed by atoms with van der Waals surface area (Å²) in [5.74, 6) is 0. The number of amides is 1. The first kappa shape index (κ1) is 17.0. The summed E-state index contributed by atoms with van der Waals surface area (Å²) in [6.07, 6.45) is -0.883. The fourth-order valence-corrected chi connectivity index (χ4v) is 3.76. The lowest BCUT2D eigenvalue weighted by atomic mass is 10.3. The van der Waals surface area contributed by atoms with Crippen LogP contribution in [0.1, 0.15) is 0 Å². The Labute approximate surface area is 134 Å². The lowest BCUT2D eigenvalue weighted by molar-refractivity contribution is 0.148. The second-order valence-electron chi connectivity index (χ2n) is 7.07. The molecule has 1 aromatic carbocycles. The first-order valence-electron chi connectivity index (χ1n) is 7.79. The Morgan fingerprint density at radius 1 is 1.23 bits per heavy atom. The van der Waals surface area contributed by atoms with E-state index in [1.807, 2.05) is 12.1 Å². The van der Waals surface area contributed by atoms with Crippen LogP contribution in [0, 0.1) is 0 Å². The van der Waals surface area contributed by atoms with Crippen molar-refractivity contribution in [1.29, 1.82) is 0 Å². The Morgan fingerprint density at radius 3 is 2.41 bits per heavy atom. The molecule has 122 valence electrons. The highest BCUT2D eigenvalue weighted by Crippen LogP contribution is 2.16. The van der Waals surface area contributed by atoms with Crippen molar-refractivity contribution in [2.45, 2.75) is 19.6 Å². The number of carbonyl (C=O) groups is 1. The summed E-state index contributed by atoms with van der Waals surface area (Å²) < 4.78 is 0. The number of benzene rings is 1. The maximum atomic E-state index is 11.7. The minimum atomic E-state index is -1.45. The summed E-state index contributed by atoms with van der Waals surface area (Å²) in [5, 5.41) is 10.9. The van der Waals surface area contributed by atoms with Gasteiger partial charge in [0, 0.05) is 31.9 Å². The molecule has 1 N–H and O–H groups in total. The third-order valence-electron chi connectivity index (χ3n) is 4.19. The number of likely N-dealkylation sites (N-methyl/N-ethyl adjacent to an activating group) is 1. The number of rotatable bonds is 4. The molecule has 1 amide bonds. The topological polar surface area (TPSA) is 47.0 Å². The van der Waals surface area contributed by atoms with Gasteiger partial charge in [-0.1, -0.05) is 37.0 Å². The number of hydrogen-bond acceptors (Lipinski definition) is 3. The average molecular weight is 321 g/mol. The first-order chi connectivity index (χ1) is 10.3. The van der Waals surface area contributed by atoms with Gasteiger partial charge in [-0.25, -0.2) is 4.79 Å². The third-order valence-corrected chi connectivity index (χ3v) is 6.24. The molecule has 1 aliphatic heterocycles. The summed E-state index contributed by atoms with van der Waals surface area (Å²) in [5.41, 5.74) is 0.784. The van der Waals surface area contributed by atoms with E-state index in [2.05, 4.69) is 48.6 Å². The molecule has 0 aromatic heterocycles. The number of carboxylic acid groups (broad SMARTS) is 1. The van der Waals surface area contributed by atoms with E-state index in [0.717, 1.165) is 31.9 Å². The molecule has 0 aliphatic carbocycles. The fourth-order valence-electron chi connectivity index (χ4n) is 2.58. The lowest BCUT2D eigenvalue weighted by Crippen LogP contribution is -2.50. The van der Waals surface area contributed by atoms with Crippen molar-refractivity contribution in [3.63, 3.8) is 0 Å². The van der Waals surface area contributed by atoms with Crippen LogP contribution in [-0.2, 0) is 0 Å². The molecule has 0 radical (unpaired) electrons. The molecule has 6 heteroatoms. The van der Waals surface area contributed by atoms with Crippen LogP contribution in [0.15, 0.2) is 24.3 Å². The van der Waals surface area contributed by atoms with E-state index in [9.17, 15) is 9.90 Å². The van der Waals surface area contributed by atoms with Crippen LogP contribution in [0.5, 0.6) is 0 Å². The van der Waals surface area contributed by atoms with Crippen LogP contribution in [0.2, 0.25) is 19.6 Å². The Morgan fingerprint density at radius 2 is 1.86 bits per heavy atom. The molecular weight excluding hydrogens is 294 g/mol. The van der Waals surface area contributed by atoms with E-state index < -0.39 is 14.2 Å². The van der Waals surface area contributed by atoms with Gasteiger partial charge in [0.25, 0.3) is 0 Å². The van der Waals surface area contributed by atoms with E-state index in [-0.39, 0.29) is 0 Å². The highest BCUT2D eigenvalue weighted by molar-refractivity contribution is 6.88. The molecule has 1 saturated heterocycles. The zero-order chi connectivity index (χ0) is 16.3. The molecule has 0 saturated carbocycles. The zero-order valence-electron chi connectivity index (χ0n) is 14.0. The standard InChI is InChI=1S/C16H27N3O2Si/c1-17-8-10-18(11-9-17)13-19(16(20)21)14-6-5-7-15(12-14)22(2,3)4/h5-7,12H,8-11,13H2,1-4H3,(H,20,21). The molecule has 1 aliphatic rings. The van der Waals surface area contributed by atoms with Crippen molar-refractivity contribution in [3.8, 4) is 0 Å². The Bertz CT molecular complexity index is 522. The van der Waals surface area contributed by atoms with Gasteiger partial charge in [-0.05, 0) is 19.2 Å². The number of piperazine rings is 1. The van der Waals surface area contributed by atoms with Gasteiger partial charge in [-0.15, -0.1) is 0 Å². The van der Waals surface area contributed by atoms with E-state index >= 15 is 0 Å². The average Bonchev–Trinajstić information content (AvgIpc) is 2.45. The highest BCUT2D eigenvalue weighted by Gasteiger charge is 2.23. The molecule has 5 nitrogen and oxygen atoms in total. The minimum absolute atomic E-state index is 0.443. The maximum Gasteiger partial charge on any atom is 0.412 e. The van der Waals surface area contributed by atoms with Crippen molar-refractivity contribution >= 4 is 25.0 Å². The van der Waals surface area contributed by atoms with Crippen molar-refractivity contribution in [3.05, 3.63) is 24.3 Å². The van der Waals surface area contributed by atoms with Crippen molar-refractivity contribution in [2.75, 3.05) is 44.8 Å². The second kappa shape index (κ2) is 6.81. The molecule has 1 heterocycles. The van der Waals surface area contributed by atoms with Gasteiger partial charge in [0.2, 0.25) is 0 Å². The van der Waals surface area contributed by atoms with Crippen molar-refractivity contribution in [2.24, 2.45) is 0 Å². The van der Waals surface area contributed by atoms with Gasteiger partial charge in [-0.3, -0.25) is 9.80 Å². The molecule has 1 aromatic rings. The quantitative estimate of drug-likeness (QED) is 0.861. The molecule has 0 spiro atoms. The molecule has 0 unspecified atom stereocenters. The van der Waals surface area contributed by atoms with Gasteiger partial charge in [-0.2, -0.15) is 0 Å². The summed E-state index contributed by atoms with van der Waals surface area (Å²) in [6.45, 7) is 11.1. The van der Waals surface area contributed by atoms with E-state index in [1.165, 1.54) is 10.1 Å². The van der Waals surface area contributed by atoms with Gasteiger partial charge < -0.3 is 10.0 Å². The summed E-state index contributed by atoms with van der Waals surface area (Å²) in [6, 6.07) is 8.04. The zero-order valence-corrected chi connectivity index (χ0v) is 15.0. The summed E-state index contributed by atoms with van der Waals surface area (Å²) in [7, 11) is 0.654. The molecule has 0 atom stereocenters. The van der Waals surface area contributed by atoms with E-state index in [1.54, 1.807) is 0 Å². The highest BCUT2D eigenvalue weighted by atomic mass is 28.3. The van der Waals surface area contributed by atoms with Gasteiger partial charge in [0.1, 0.15) is 0 Å². The minimum Gasteiger partial charge on any atom is -0.465 e. The molecule has 1 fully saturated rings. The van der Waals surface area contributed by atoms with Crippen LogP contribution in [0.3, 0.4) is 0 Å². The summed E-state index contributed by atoms with van der Waals surface area (Å²) in [4.78, 5) is 17.6. The Balaban J connectivity index is 2.16. The SMILES string of the molecule is CN1CCN(CN(C(=O)O)c2cccc([Si](C)(C)C)c2)CC1. The van der Waals surface area contributed by atoms with Gasteiger partial charge in [0.15, 0.2) is 0 Å². The largest absolute Gasteiger partial charge is 0.465 e. The number of anilines is 1. The van der Waals surface area contributed by atoms with Crippen molar-refractivity contribution in [1.82, 2.24) is 9.80 Å². The van der Waals surface area contributed by atoms with Gasteiger partial charge >= 0.3 is 6.09 Å². The van der Waals surface area contributed by atoms with E-state index in [4.69, 9.17) is 0 Å². The lowest BCUT2D eigenvalue weighted by Gasteiger charge is -2.35. The molecule has 2 rings (SSSR count). The van der Waals surface area contributed by atoms with Crippen LogP contribution in [0.25, 0.3) is 0 Å². The van der Waals surface area contributed by atoms with Gasteiger partial charge in [0.05, 0.1) is 14.7 Å². The summed E-state index contributed by atoms with van der Waals surface area (Å²) >= 11 is 0. The Kier molecular flexibility index (Phi) is 5.26. The fraction of sp³-hybridized carbons (Fsp3) is 0.562. The molecule has 0 bridgehead atoms. The van der Waals surface area contributed by atoms with Crippen LogP contribution in [-0.4, -0.2) is 69.0 Å². The molecular formula is C16H27N3O2Si. The van der Waals surface area contributed by atoms with E-state index in [0.29, 0.717) is 6.67 Å². The predicted octanol–water partition coefficient (Wildman–Crippen LogP) is 1.92. The van der Waals surface area contributed by atoms with Crippen LogP contribution in [0.4, 0.5) is 10.5 Å². The monoisotopic (exact) mass is 321 g/mol. The van der Waals surface area contributed by atoms with Crippen LogP contribution >= 0.6 is 0 Å². The van der Waals surface area contributed by atoms with Crippen LogP contribution < -0.4 is 10.1 Å². The smallest absolute Gasteiger partial charge is 0.412 e. The number of hydrogen-bond donors (Lipinski definition) is 1. The molecule has 22 heavy (non-hydrogen) atoms. The third kappa shape index (κ3) is 4.31.